The fourth-order valence-corrected chi connectivity index (χ4v) is 2.26. The minimum absolute atomic E-state index is 0.388. The zero-order valence-electron chi connectivity index (χ0n) is 15.3. The number of ether oxygens (including phenoxy) is 1. The van der Waals surface area contributed by atoms with Crippen LogP contribution >= 0.6 is 0 Å². The summed E-state index contributed by atoms with van der Waals surface area (Å²) < 4.78 is 4.52. The number of aliphatic hydroxyl groups excluding tert-OH is 2. The maximum atomic E-state index is 12.2. The lowest BCUT2D eigenvalue weighted by molar-refractivity contribution is -0.151. The van der Waals surface area contributed by atoms with Crippen molar-refractivity contribution in [3.05, 3.63) is 0 Å². The van der Waals surface area contributed by atoms with Crippen LogP contribution < -0.4 is 16.8 Å². The second-order valence-electron chi connectivity index (χ2n) is 6.16. The number of Topliss-reactive ketones (excluding diaryl/α,β-unsaturated/α-hetero) is 2. The molecule has 0 aliphatic heterocycles. The van der Waals surface area contributed by atoms with E-state index in [1.807, 2.05) is 0 Å². The van der Waals surface area contributed by atoms with E-state index in [1.165, 1.54) is 6.92 Å². The first-order valence-electron chi connectivity index (χ1n) is 8.26. The lowest BCUT2D eigenvalue weighted by Crippen LogP contribution is -2.44. The van der Waals surface area contributed by atoms with Crippen molar-refractivity contribution in [2.24, 2.45) is 23.3 Å². The molecule has 0 aliphatic rings. The number of hydrogen-bond donors (Lipinski definition) is 5. The first-order chi connectivity index (χ1) is 12.5. The first kappa shape index (κ1) is 24.6. The van der Waals surface area contributed by atoms with Crippen molar-refractivity contribution >= 4 is 29.4 Å². The average molecular weight is 389 g/mol. The molecule has 11 heteroatoms. The summed E-state index contributed by atoms with van der Waals surface area (Å²) in [4.78, 5) is 58.7. The Morgan fingerprint density at radius 2 is 1.70 bits per heavy atom. The number of carbonyl (C=O) groups is 5. The van der Waals surface area contributed by atoms with Gasteiger partial charge in [-0.3, -0.25) is 24.0 Å². The molecule has 0 rings (SSSR count). The van der Waals surface area contributed by atoms with Crippen LogP contribution in [0.2, 0.25) is 0 Å². The molecule has 0 saturated carbocycles. The van der Waals surface area contributed by atoms with Crippen LogP contribution in [0.25, 0.3) is 0 Å². The number of amides is 2. The molecule has 1 unspecified atom stereocenters. The van der Waals surface area contributed by atoms with Crippen LogP contribution in [0.1, 0.15) is 26.2 Å². The number of aliphatic hydroxyl groups is 2. The minimum Gasteiger partial charge on any atom is -0.469 e. The van der Waals surface area contributed by atoms with E-state index in [0.29, 0.717) is 0 Å². The van der Waals surface area contributed by atoms with Crippen molar-refractivity contribution in [1.82, 2.24) is 5.32 Å². The van der Waals surface area contributed by atoms with Gasteiger partial charge in [0.25, 0.3) is 0 Å². The van der Waals surface area contributed by atoms with Crippen molar-refractivity contribution in [3.63, 3.8) is 0 Å². The second kappa shape index (κ2) is 12.1. The molecule has 0 heterocycles. The van der Waals surface area contributed by atoms with E-state index in [9.17, 15) is 29.1 Å². The van der Waals surface area contributed by atoms with Gasteiger partial charge in [-0.15, -0.1) is 0 Å². The average Bonchev–Trinajstić information content (AvgIpc) is 2.61. The highest BCUT2D eigenvalue weighted by atomic mass is 16.5. The normalized spacial score (nSPS) is 15.1. The van der Waals surface area contributed by atoms with E-state index >= 15 is 0 Å². The lowest BCUT2D eigenvalue weighted by Gasteiger charge is -2.19. The van der Waals surface area contributed by atoms with Crippen molar-refractivity contribution < 1.29 is 38.9 Å². The highest BCUT2D eigenvalue weighted by Gasteiger charge is 2.30. The van der Waals surface area contributed by atoms with E-state index in [1.54, 1.807) is 0 Å². The number of hydrogen-bond acceptors (Lipinski definition) is 9. The van der Waals surface area contributed by atoms with E-state index in [-0.39, 0.29) is 6.42 Å². The molecule has 0 radical (unpaired) electrons. The maximum absolute atomic E-state index is 12.2. The minimum atomic E-state index is -1.16. The highest BCUT2D eigenvalue weighted by Crippen LogP contribution is 2.17. The molecule has 0 bridgehead atoms. The summed E-state index contributed by atoms with van der Waals surface area (Å²) in [5, 5.41) is 20.6. The van der Waals surface area contributed by atoms with Crippen LogP contribution in [0, 0.1) is 11.8 Å². The third kappa shape index (κ3) is 9.22. The first-order valence-corrected chi connectivity index (χ1v) is 8.26. The Labute approximate surface area is 156 Å². The van der Waals surface area contributed by atoms with Crippen molar-refractivity contribution in [2.75, 3.05) is 20.3 Å². The molecule has 27 heavy (non-hydrogen) atoms. The molecule has 0 aliphatic carbocycles. The Morgan fingerprint density at radius 3 is 2.15 bits per heavy atom. The van der Waals surface area contributed by atoms with Gasteiger partial charge in [0.05, 0.1) is 44.2 Å². The summed E-state index contributed by atoms with van der Waals surface area (Å²) in [7, 11) is 1.11. The van der Waals surface area contributed by atoms with Crippen LogP contribution in [-0.2, 0) is 28.7 Å². The fourth-order valence-electron chi connectivity index (χ4n) is 2.26. The predicted molar refractivity (Wildman–Crippen MR) is 91.8 cm³/mol. The second-order valence-corrected chi connectivity index (χ2v) is 6.16. The van der Waals surface area contributed by atoms with E-state index in [0.717, 1.165) is 7.11 Å². The zero-order valence-corrected chi connectivity index (χ0v) is 15.3. The molecular weight excluding hydrogens is 362 g/mol. The summed E-state index contributed by atoms with van der Waals surface area (Å²) in [6, 6.07) is -1.16. The van der Waals surface area contributed by atoms with Crippen molar-refractivity contribution in [3.8, 4) is 0 Å². The van der Waals surface area contributed by atoms with Crippen LogP contribution in [0.5, 0.6) is 0 Å². The molecule has 11 nitrogen and oxygen atoms in total. The number of carbonyl (C=O) groups excluding carboxylic acids is 5. The smallest absolute Gasteiger partial charge is 0.311 e. The topological polar surface area (TPSA) is 199 Å². The Hall–Kier alpha value is -2.37. The lowest BCUT2D eigenvalue weighted by atomic mass is 9.90. The predicted octanol–water partition coefficient (Wildman–Crippen LogP) is -3.00. The molecule has 2 amide bonds. The standard InChI is InChI=1S/C16H27N3O8/c1-8(21)11(16(26)27-2)5-10(22)3-9(4-14(18)24)15(25)19-6-13(23)12(17)7-20/h8-9,11-12,20-21H,3-7,17H2,1-2H3,(H2,18,24)(H,19,25)/t8?,9-,11-,12-/m0/s1. The SMILES string of the molecule is COC(=O)[C@@H](CC(=O)C[C@@H](CC(N)=O)C(=O)NCC(=O)[C@@H](N)CO)C(C)O. The van der Waals surface area contributed by atoms with Gasteiger partial charge < -0.3 is 31.7 Å². The van der Waals surface area contributed by atoms with Gasteiger partial charge in [-0.25, -0.2) is 0 Å². The van der Waals surface area contributed by atoms with Gasteiger partial charge in [0.1, 0.15) is 5.78 Å². The number of nitrogens with two attached hydrogens (primary N) is 2. The Kier molecular flexibility index (Phi) is 11.0. The van der Waals surface area contributed by atoms with Crippen LogP contribution in [0.3, 0.4) is 0 Å². The van der Waals surface area contributed by atoms with Crippen molar-refractivity contribution in [1.29, 1.82) is 0 Å². The maximum Gasteiger partial charge on any atom is 0.311 e. The van der Waals surface area contributed by atoms with Crippen LogP contribution in [-0.4, -0.2) is 72.0 Å². The Morgan fingerprint density at radius 1 is 1.11 bits per heavy atom. The van der Waals surface area contributed by atoms with Crippen molar-refractivity contribution in [2.45, 2.75) is 38.3 Å². The summed E-state index contributed by atoms with van der Waals surface area (Å²) in [5.74, 6) is -5.84. The van der Waals surface area contributed by atoms with Gasteiger partial charge in [-0.1, -0.05) is 0 Å². The molecule has 0 saturated heterocycles. The summed E-state index contributed by atoms with van der Waals surface area (Å²) >= 11 is 0. The molecule has 4 atom stereocenters. The number of nitrogens with one attached hydrogen (secondary N) is 1. The van der Waals surface area contributed by atoms with Crippen LogP contribution in [0.4, 0.5) is 0 Å². The molecule has 0 aromatic carbocycles. The van der Waals surface area contributed by atoms with E-state index < -0.39 is 79.3 Å². The van der Waals surface area contributed by atoms with E-state index in [2.05, 4.69) is 10.1 Å². The summed E-state index contributed by atoms with van der Waals surface area (Å²) in [6.07, 6.45) is -2.41. The van der Waals surface area contributed by atoms with Gasteiger partial charge in [-0.2, -0.15) is 0 Å². The summed E-state index contributed by atoms with van der Waals surface area (Å²) in [5.41, 5.74) is 10.4. The number of methoxy groups -OCH3 is 1. The largest absolute Gasteiger partial charge is 0.469 e. The Balaban J connectivity index is 4.96. The third-order valence-corrected chi connectivity index (χ3v) is 3.87. The quantitative estimate of drug-likeness (QED) is 0.204. The van der Waals surface area contributed by atoms with Gasteiger partial charge in [0.15, 0.2) is 5.78 Å². The molecule has 0 fully saturated rings. The molecular formula is C16H27N3O8. The Bertz CT molecular complexity index is 564. The van der Waals surface area contributed by atoms with Gasteiger partial charge in [-0.05, 0) is 6.92 Å². The number of ketones is 2. The molecule has 0 aromatic rings. The molecule has 154 valence electrons. The third-order valence-electron chi connectivity index (χ3n) is 3.87. The number of primary amides is 1. The zero-order chi connectivity index (χ0) is 21.1. The van der Waals surface area contributed by atoms with E-state index in [4.69, 9.17) is 16.6 Å². The highest BCUT2D eigenvalue weighted by molar-refractivity contribution is 5.94. The molecule has 7 N–H and O–H groups in total. The van der Waals surface area contributed by atoms with Gasteiger partial charge in [0.2, 0.25) is 11.8 Å². The molecule has 0 aromatic heterocycles. The summed E-state index contributed by atoms with van der Waals surface area (Å²) in [6.45, 7) is 0.243. The number of esters is 1. The van der Waals surface area contributed by atoms with Gasteiger partial charge >= 0.3 is 5.97 Å². The molecule has 0 spiro atoms. The van der Waals surface area contributed by atoms with Gasteiger partial charge in [0, 0.05) is 19.3 Å². The fraction of sp³-hybridized carbons (Fsp3) is 0.688. The van der Waals surface area contributed by atoms with Crippen LogP contribution in [0.15, 0.2) is 0 Å². The monoisotopic (exact) mass is 389 g/mol. The number of rotatable bonds is 13.